The zero-order valence-corrected chi connectivity index (χ0v) is 13.8. The molecule has 116 valence electrons. The van der Waals surface area contributed by atoms with Gasteiger partial charge < -0.3 is 4.90 Å². The minimum absolute atomic E-state index is 0.175. The number of hydrogen-bond donors (Lipinski definition) is 0. The van der Waals surface area contributed by atoms with E-state index >= 15 is 0 Å². The van der Waals surface area contributed by atoms with Crippen LogP contribution in [0.4, 0.5) is 5.13 Å². The van der Waals surface area contributed by atoms with Crippen LogP contribution < -0.4 is 10.5 Å². The van der Waals surface area contributed by atoms with Crippen LogP contribution in [0.15, 0.2) is 35.1 Å². The van der Waals surface area contributed by atoms with Crippen LogP contribution in [0, 0.1) is 26.2 Å². The van der Waals surface area contributed by atoms with Gasteiger partial charge in [-0.1, -0.05) is 47.1 Å². The number of aryl methyl sites for hydroxylation is 2. The fraction of sp³-hybridized carbons (Fsp3) is 0.235. The van der Waals surface area contributed by atoms with Gasteiger partial charge in [0.25, 0.3) is 5.56 Å². The summed E-state index contributed by atoms with van der Waals surface area (Å²) in [5, 5.41) is 5.07. The molecule has 3 aromatic rings. The van der Waals surface area contributed by atoms with E-state index in [1.165, 1.54) is 27.5 Å². The topological polar surface area (TPSA) is 50.5 Å². The molecule has 0 spiro atoms. The first-order valence-electron chi connectivity index (χ1n) is 7.18. The number of hydrogen-bond acceptors (Lipinski definition) is 5. The van der Waals surface area contributed by atoms with E-state index in [2.05, 4.69) is 47.2 Å². The molecule has 0 amide bonds. The smallest absolute Gasteiger partial charge is 0.275 e. The Morgan fingerprint density at radius 1 is 1.30 bits per heavy atom. The van der Waals surface area contributed by atoms with E-state index in [9.17, 15) is 4.79 Å². The van der Waals surface area contributed by atoms with E-state index in [1.807, 2.05) is 4.90 Å². The fourth-order valence-electron chi connectivity index (χ4n) is 2.25. The van der Waals surface area contributed by atoms with E-state index in [0.29, 0.717) is 28.9 Å². The van der Waals surface area contributed by atoms with E-state index in [1.54, 1.807) is 6.92 Å². The van der Waals surface area contributed by atoms with Gasteiger partial charge >= 0.3 is 0 Å². The first-order chi connectivity index (χ1) is 11.1. The molecule has 0 N–H and O–H groups in total. The lowest BCUT2D eigenvalue weighted by Crippen LogP contribution is -2.23. The molecule has 3 rings (SSSR count). The van der Waals surface area contributed by atoms with Crippen molar-refractivity contribution in [1.29, 1.82) is 0 Å². The van der Waals surface area contributed by atoms with Crippen molar-refractivity contribution in [1.82, 2.24) is 14.6 Å². The lowest BCUT2D eigenvalue weighted by Gasteiger charge is -2.18. The van der Waals surface area contributed by atoms with Gasteiger partial charge in [0.2, 0.25) is 10.1 Å². The summed E-state index contributed by atoms with van der Waals surface area (Å²) in [4.78, 5) is 18.9. The normalized spacial score (nSPS) is 10.7. The molecular formula is C17H16N4OS. The molecule has 5 nitrogen and oxygen atoms in total. The molecule has 2 aromatic heterocycles. The molecule has 0 atom stereocenters. The molecule has 0 aliphatic carbocycles. The average molecular weight is 324 g/mol. The average Bonchev–Trinajstić information content (AvgIpc) is 2.93. The molecule has 1 aromatic carbocycles. The molecule has 2 heterocycles. The first kappa shape index (κ1) is 15.3. The summed E-state index contributed by atoms with van der Waals surface area (Å²) in [6, 6.07) is 9.75. The fourth-order valence-corrected chi connectivity index (χ4v) is 3.20. The number of rotatable bonds is 4. The van der Waals surface area contributed by atoms with Gasteiger partial charge in [0, 0.05) is 18.3 Å². The van der Waals surface area contributed by atoms with E-state index < -0.39 is 0 Å². The third-order valence-corrected chi connectivity index (χ3v) is 4.38. The Bertz CT molecular complexity index is 934. The Hall–Kier alpha value is -2.65. The monoisotopic (exact) mass is 324 g/mol. The number of benzene rings is 1. The molecule has 0 fully saturated rings. The van der Waals surface area contributed by atoms with Gasteiger partial charge in [0.1, 0.15) is 0 Å². The van der Waals surface area contributed by atoms with Gasteiger partial charge in [-0.3, -0.25) is 4.79 Å². The molecule has 6 heteroatoms. The lowest BCUT2D eigenvalue weighted by atomic mass is 10.1. The van der Waals surface area contributed by atoms with Crippen molar-refractivity contribution < 1.29 is 0 Å². The summed E-state index contributed by atoms with van der Waals surface area (Å²) >= 11 is 1.37. The molecule has 0 saturated heterocycles. The number of aromatic nitrogens is 3. The number of anilines is 1. The van der Waals surface area contributed by atoms with Gasteiger partial charge in [0.15, 0.2) is 0 Å². The van der Waals surface area contributed by atoms with Crippen molar-refractivity contribution in [3.05, 3.63) is 57.5 Å². The van der Waals surface area contributed by atoms with Crippen molar-refractivity contribution in [2.75, 3.05) is 11.4 Å². The van der Waals surface area contributed by atoms with Crippen LogP contribution in [0.5, 0.6) is 0 Å². The predicted octanol–water partition coefficient (Wildman–Crippen LogP) is 2.41. The molecule has 0 aliphatic rings. The Morgan fingerprint density at radius 3 is 2.74 bits per heavy atom. The Kier molecular flexibility index (Phi) is 4.13. The predicted molar refractivity (Wildman–Crippen MR) is 92.9 cm³/mol. The second-order valence-corrected chi connectivity index (χ2v) is 6.29. The van der Waals surface area contributed by atoms with Crippen molar-refractivity contribution in [3.8, 4) is 12.3 Å². The summed E-state index contributed by atoms with van der Waals surface area (Å²) in [6.07, 6.45) is 5.49. The largest absolute Gasteiger partial charge is 0.331 e. The summed E-state index contributed by atoms with van der Waals surface area (Å²) in [6.45, 7) is 4.91. The minimum atomic E-state index is -0.175. The van der Waals surface area contributed by atoms with Crippen LogP contribution in [0.1, 0.15) is 16.8 Å². The standard InChI is InChI=1S/C17H16N4OS/c1-4-9-20(11-14-7-5-12(2)6-8-14)17-19-21-15(22)10-13(3)18-16(21)23-17/h1,5-8,10H,9,11H2,2-3H3. The van der Waals surface area contributed by atoms with Gasteiger partial charge in [-0.05, 0) is 19.4 Å². The van der Waals surface area contributed by atoms with E-state index in [4.69, 9.17) is 6.42 Å². The lowest BCUT2D eigenvalue weighted by molar-refractivity contribution is 0.820. The van der Waals surface area contributed by atoms with Crippen molar-refractivity contribution >= 4 is 21.4 Å². The molecule has 0 unspecified atom stereocenters. The highest BCUT2D eigenvalue weighted by Crippen LogP contribution is 2.23. The highest BCUT2D eigenvalue weighted by atomic mass is 32.1. The van der Waals surface area contributed by atoms with Crippen LogP contribution in [0.3, 0.4) is 0 Å². The van der Waals surface area contributed by atoms with Gasteiger partial charge in [-0.2, -0.15) is 4.52 Å². The summed E-state index contributed by atoms with van der Waals surface area (Å²) < 4.78 is 1.33. The third-order valence-electron chi connectivity index (χ3n) is 3.41. The van der Waals surface area contributed by atoms with Gasteiger partial charge in [0.05, 0.1) is 6.54 Å². The van der Waals surface area contributed by atoms with E-state index in [0.717, 1.165) is 5.56 Å². The van der Waals surface area contributed by atoms with Gasteiger partial charge in [-0.25, -0.2) is 4.98 Å². The van der Waals surface area contributed by atoms with Crippen LogP contribution in [-0.4, -0.2) is 21.1 Å². The zero-order valence-electron chi connectivity index (χ0n) is 13.0. The SMILES string of the molecule is C#CCN(Cc1ccc(C)cc1)c1nn2c(=O)cc(C)nc2s1. The number of nitrogens with zero attached hydrogens (tertiary/aromatic N) is 4. The molecule has 0 aliphatic heterocycles. The van der Waals surface area contributed by atoms with Crippen molar-refractivity contribution in [3.63, 3.8) is 0 Å². The highest BCUT2D eigenvalue weighted by molar-refractivity contribution is 7.20. The molecule has 0 saturated carbocycles. The number of fused-ring (bicyclic) bond motifs is 1. The molecule has 23 heavy (non-hydrogen) atoms. The maximum Gasteiger partial charge on any atom is 0.275 e. The maximum absolute atomic E-state index is 12.0. The number of terminal acetylenes is 1. The van der Waals surface area contributed by atoms with Crippen LogP contribution in [0.2, 0.25) is 0 Å². The van der Waals surface area contributed by atoms with Crippen LogP contribution >= 0.6 is 11.3 Å². The molecule has 0 bridgehead atoms. The molecule has 0 radical (unpaired) electrons. The minimum Gasteiger partial charge on any atom is -0.331 e. The van der Waals surface area contributed by atoms with Crippen molar-refractivity contribution in [2.45, 2.75) is 20.4 Å². The van der Waals surface area contributed by atoms with Gasteiger partial charge in [-0.15, -0.1) is 11.5 Å². The quantitative estimate of drug-likeness (QED) is 0.692. The first-order valence-corrected chi connectivity index (χ1v) is 8.00. The summed E-state index contributed by atoms with van der Waals surface area (Å²) in [7, 11) is 0. The second-order valence-electron chi connectivity index (χ2n) is 5.36. The van der Waals surface area contributed by atoms with Crippen molar-refractivity contribution in [2.24, 2.45) is 0 Å². The maximum atomic E-state index is 12.0. The Morgan fingerprint density at radius 2 is 2.04 bits per heavy atom. The Labute approximate surface area is 138 Å². The van der Waals surface area contributed by atoms with Crippen LogP contribution in [-0.2, 0) is 6.54 Å². The summed E-state index contributed by atoms with van der Waals surface area (Å²) in [5.41, 5.74) is 2.86. The molecular weight excluding hydrogens is 308 g/mol. The third kappa shape index (κ3) is 3.25. The highest BCUT2D eigenvalue weighted by Gasteiger charge is 2.14. The summed E-state index contributed by atoms with van der Waals surface area (Å²) in [5.74, 6) is 2.65. The zero-order chi connectivity index (χ0) is 16.4. The van der Waals surface area contributed by atoms with Crippen LogP contribution in [0.25, 0.3) is 4.96 Å². The Balaban J connectivity index is 1.97. The van der Waals surface area contributed by atoms with E-state index in [-0.39, 0.29) is 5.56 Å². The second kappa shape index (κ2) is 6.23.